The van der Waals surface area contributed by atoms with Gasteiger partial charge in [0.25, 0.3) is 0 Å². The van der Waals surface area contributed by atoms with Crippen molar-refractivity contribution in [2.24, 2.45) is 16.3 Å². The molecule has 1 rings (SSSR count). The van der Waals surface area contributed by atoms with Crippen molar-refractivity contribution in [1.29, 1.82) is 0 Å². The first-order valence-electron chi connectivity index (χ1n) is 9.10. The first kappa shape index (κ1) is 23.9. The van der Waals surface area contributed by atoms with Crippen LogP contribution in [0.3, 0.4) is 0 Å². The third-order valence-electron chi connectivity index (χ3n) is 4.73. The average molecular weight is 454 g/mol. The molecule has 24 heavy (non-hydrogen) atoms. The maximum atomic E-state index is 5.59. The van der Waals surface area contributed by atoms with Crippen LogP contribution >= 0.6 is 24.0 Å². The molecule has 1 saturated heterocycles. The number of halogens is 1. The van der Waals surface area contributed by atoms with Gasteiger partial charge in [-0.3, -0.25) is 4.99 Å². The van der Waals surface area contributed by atoms with Crippen molar-refractivity contribution in [3.05, 3.63) is 0 Å². The zero-order valence-corrected chi connectivity index (χ0v) is 18.9. The summed E-state index contributed by atoms with van der Waals surface area (Å²) < 4.78 is 5.59. The summed E-state index contributed by atoms with van der Waals surface area (Å²) in [6.45, 7) is 14.4. The van der Waals surface area contributed by atoms with E-state index in [-0.39, 0.29) is 35.5 Å². The van der Waals surface area contributed by atoms with Gasteiger partial charge in [-0.2, -0.15) is 0 Å². The molecular formula is C18H39IN4O. The predicted molar refractivity (Wildman–Crippen MR) is 114 cm³/mol. The minimum absolute atomic E-state index is 0. The summed E-state index contributed by atoms with van der Waals surface area (Å²) in [5.74, 6) is 1.63. The first-order chi connectivity index (χ1) is 10.9. The van der Waals surface area contributed by atoms with E-state index in [9.17, 15) is 0 Å². The number of methoxy groups -OCH3 is 1. The second-order valence-corrected chi connectivity index (χ2v) is 7.71. The number of guanidine groups is 1. The largest absolute Gasteiger partial charge is 0.379 e. The summed E-state index contributed by atoms with van der Waals surface area (Å²) in [6, 6.07) is 0. The van der Waals surface area contributed by atoms with E-state index in [1.165, 1.54) is 38.9 Å². The molecule has 0 aromatic heterocycles. The number of hydrogen-bond donors (Lipinski definition) is 2. The maximum Gasteiger partial charge on any atom is 0.191 e. The molecule has 1 aliphatic heterocycles. The Hall–Kier alpha value is -0.0800. The van der Waals surface area contributed by atoms with Crippen LogP contribution in [0.15, 0.2) is 4.99 Å². The van der Waals surface area contributed by atoms with Gasteiger partial charge in [-0.15, -0.1) is 24.0 Å². The van der Waals surface area contributed by atoms with Crippen molar-refractivity contribution < 1.29 is 4.74 Å². The molecule has 1 heterocycles. The average Bonchev–Trinajstić information content (AvgIpc) is 2.51. The number of aliphatic imine (C=N–C) groups is 1. The van der Waals surface area contributed by atoms with Crippen molar-refractivity contribution in [3.8, 4) is 0 Å². The van der Waals surface area contributed by atoms with Gasteiger partial charge in [-0.1, -0.05) is 27.7 Å². The van der Waals surface area contributed by atoms with Crippen LogP contribution in [-0.4, -0.2) is 63.8 Å². The van der Waals surface area contributed by atoms with Crippen LogP contribution in [0.5, 0.6) is 0 Å². The Balaban J connectivity index is 0.00000529. The Morgan fingerprint density at radius 1 is 1.25 bits per heavy atom. The number of hydrogen-bond acceptors (Lipinski definition) is 3. The molecule has 0 bridgehead atoms. The summed E-state index contributed by atoms with van der Waals surface area (Å²) in [6.07, 6.45) is 3.99. The number of nitrogens with zero attached hydrogens (tertiary/aromatic N) is 2. The summed E-state index contributed by atoms with van der Waals surface area (Å²) >= 11 is 0. The third kappa shape index (κ3) is 8.85. The van der Waals surface area contributed by atoms with Crippen molar-refractivity contribution in [1.82, 2.24) is 15.5 Å². The Kier molecular flexibility index (Phi) is 12.3. The van der Waals surface area contributed by atoms with Crippen LogP contribution < -0.4 is 10.6 Å². The van der Waals surface area contributed by atoms with Gasteiger partial charge in [-0.25, -0.2) is 0 Å². The summed E-state index contributed by atoms with van der Waals surface area (Å²) in [5, 5.41) is 6.88. The second-order valence-electron chi connectivity index (χ2n) is 7.71. The highest BCUT2D eigenvalue weighted by Gasteiger charge is 2.24. The van der Waals surface area contributed by atoms with E-state index >= 15 is 0 Å². The van der Waals surface area contributed by atoms with Crippen LogP contribution in [0.4, 0.5) is 0 Å². The van der Waals surface area contributed by atoms with Crippen molar-refractivity contribution >= 4 is 29.9 Å². The van der Waals surface area contributed by atoms with Crippen molar-refractivity contribution in [2.45, 2.75) is 53.1 Å². The molecule has 0 aromatic rings. The Labute approximate surface area is 166 Å². The highest BCUT2D eigenvalue weighted by molar-refractivity contribution is 14.0. The van der Waals surface area contributed by atoms with E-state index in [1.54, 1.807) is 7.11 Å². The zero-order valence-electron chi connectivity index (χ0n) is 16.5. The van der Waals surface area contributed by atoms with Gasteiger partial charge in [0.2, 0.25) is 0 Å². The Morgan fingerprint density at radius 2 is 1.88 bits per heavy atom. The Bertz CT molecular complexity index is 349. The number of nitrogens with one attached hydrogen (secondary N) is 2. The number of ether oxygens (including phenoxy) is 1. The molecule has 1 fully saturated rings. The first-order valence-corrected chi connectivity index (χ1v) is 9.10. The zero-order chi connectivity index (χ0) is 17.3. The maximum absolute atomic E-state index is 5.59. The third-order valence-corrected chi connectivity index (χ3v) is 4.73. The SMILES string of the molecule is CCCN1CCC(CNC(=NC)NCC(OC)C(C)(C)C)CC1.I. The molecule has 0 radical (unpaired) electrons. The fraction of sp³-hybridized carbons (Fsp3) is 0.944. The van der Waals surface area contributed by atoms with Crippen molar-refractivity contribution in [2.75, 3.05) is 46.9 Å². The van der Waals surface area contributed by atoms with Crippen LogP contribution in [0, 0.1) is 11.3 Å². The lowest BCUT2D eigenvalue weighted by molar-refractivity contribution is 0.0205. The van der Waals surface area contributed by atoms with E-state index in [4.69, 9.17) is 4.74 Å². The molecule has 5 nitrogen and oxygen atoms in total. The predicted octanol–water partition coefficient (Wildman–Crippen LogP) is 2.95. The molecule has 0 amide bonds. The van der Waals surface area contributed by atoms with Crippen molar-refractivity contribution in [3.63, 3.8) is 0 Å². The van der Waals surface area contributed by atoms with E-state index in [2.05, 4.69) is 48.2 Å². The van der Waals surface area contributed by atoms with E-state index in [0.29, 0.717) is 0 Å². The van der Waals surface area contributed by atoms with Crippen LogP contribution in [-0.2, 0) is 4.74 Å². The smallest absolute Gasteiger partial charge is 0.191 e. The molecule has 1 atom stereocenters. The fourth-order valence-electron chi connectivity index (χ4n) is 3.12. The van der Waals surface area contributed by atoms with Gasteiger partial charge in [0, 0.05) is 27.2 Å². The number of likely N-dealkylation sites (tertiary alicyclic amines) is 1. The van der Waals surface area contributed by atoms with Crippen LogP contribution in [0.2, 0.25) is 0 Å². The monoisotopic (exact) mass is 454 g/mol. The molecule has 144 valence electrons. The number of rotatable bonds is 7. The van der Waals surface area contributed by atoms with Gasteiger partial charge >= 0.3 is 0 Å². The van der Waals surface area contributed by atoms with Gasteiger partial charge < -0.3 is 20.3 Å². The summed E-state index contributed by atoms with van der Waals surface area (Å²) in [7, 11) is 3.61. The summed E-state index contributed by atoms with van der Waals surface area (Å²) in [5.41, 5.74) is 0.118. The molecule has 1 unspecified atom stereocenters. The van der Waals surface area contributed by atoms with Crippen LogP contribution in [0.1, 0.15) is 47.0 Å². The highest BCUT2D eigenvalue weighted by atomic mass is 127. The molecule has 1 aliphatic rings. The molecule has 0 aliphatic carbocycles. The van der Waals surface area contributed by atoms with E-state index < -0.39 is 0 Å². The minimum atomic E-state index is 0. The van der Waals surface area contributed by atoms with E-state index in [1.807, 2.05) is 7.05 Å². The second kappa shape index (κ2) is 12.3. The summed E-state index contributed by atoms with van der Waals surface area (Å²) in [4.78, 5) is 6.91. The Morgan fingerprint density at radius 3 is 2.33 bits per heavy atom. The molecular weight excluding hydrogens is 415 g/mol. The van der Waals surface area contributed by atoms with E-state index in [0.717, 1.165) is 25.0 Å². The molecule has 0 aromatic carbocycles. The topological polar surface area (TPSA) is 48.9 Å². The molecule has 0 saturated carbocycles. The normalized spacial score (nSPS) is 18.8. The molecule has 0 spiro atoms. The lowest BCUT2D eigenvalue weighted by atomic mass is 9.89. The fourth-order valence-corrected chi connectivity index (χ4v) is 3.12. The number of piperidine rings is 1. The highest BCUT2D eigenvalue weighted by Crippen LogP contribution is 2.21. The quantitative estimate of drug-likeness (QED) is 0.353. The molecule has 6 heteroatoms. The molecule has 2 N–H and O–H groups in total. The minimum Gasteiger partial charge on any atom is -0.379 e. The van der Waals surface area contributed by atoms with Crippen LogP contribution in [0.25, 0.3) is 0 Å². The standard InChI is InChI=1S/C18H38N4O.HI/c1-7-10-22-11-8-15(9-12-22)13-20-17(19-5)21-14-16(23-6)18(2,3)4;/h15-16H,7-14H2,1-6H3,(H2,19,20,21);1H. The lowest BCUT2D eigenvalue weighted by Gasteiger charge is -2.32. The van der Waals surface area contributed by atoms with Gasteiger partial charge in [0.1, 0.15) is 0 Å². The lowest BCUT2D eigenvalue weighted by Crippen LogP contribution is -2.47. The van der Waals surface area contributed by atoms with Gasteiger partial charge in [0.05, 0.1) is 6.10 Å². The van der Waals surface area contributed by atoms with Gasteiger partial charge in [0.15, 0.2) is 5.96 Å². The van der Waals surface area contributed by atoms with Gasteiger partial charge in [-0.05, 0) is 50.2 Å².